The summed E-state index contributed by atoms with van der Waals surface area (Å²) in [5.41, 5.74) is 0. The number of amidine groups is 1. The van der Waals surface area contributed by atoms with Gasteiger partial charge in [0, 0.05) is 37.3 Å². The lowest BCUT2D eigenvalue weighted by Gasteiger charge is -2.36. The number of unbranched alkanes of at least 4 members (excludes halogenated alkanes) is 1. The van der Waals surface area contributed by atoms with Gasteiger partial charge in [0.2, 0.25) is 0 Å². The summed E-state index contributed by atoms with van der Waals surface area (Å²) in [5.74, 6) is 2.14. The number of aromatic nitrogens is 2. The van der Waals surface area contributed by atoms with Crippen LogP contribution >= 0.6 is 23.1 Å². The van der Waals surface area contributed by atoms with Gasteiger partial charge in [-0.1, -0.05) is 25.1 Å². The fourth-order valence-corrected chi connectivity index (χ4v) is 5.56. The standard InChI is InChI=1S/C19H28BN5S2/c1-4-5-6-15-22-16(13-11-14(20)26-17(13)23-15)24-7-9-25(10-8-24)18-21-12-19(2,3)27-18/h11H,4-10,12,20H2,1-3H3. The third kappa shape index (κ3) is 4.11. The molecule has 144 valence electrons. The molecule has 27 heavy (non-hydrogen) atoms. The van der Waals surface area contributed by atoms with Crippen molar-refractivity contribution in [2.75, 3.05) is 37.6 Å². The summed E-state index contributed by atoms with van der Waals surface area (Å²) < 4.78 is 1.55. The number of anilines is 1. The molecule has 0 N–H and O–H groups in total. The van der Waals surface area contributed by atoms with Gasteiger partial charge in [-0.25, -0.2) is 9.97 Å². The van der Waals surface area contributed by atoms with Crippen LogP contribution in [0.15, 0.2) is 11.1 Å². The summed E-state index contributed by atoms with van der Waals surface area (Å²) in [6.45, 7) is 11.7. The lowest BCUT2D eigenvalue weighted by atomic mass is 10.1. The number of rotatable bonds is 4. The quantitative estimate of drug-likeness (QED) is 0.736. The Hall–Kier alpha value is -1.28. The van der Waals surface area contributed by atoms with Crippen LogP contribution in [0.3, 0.4) is 0 Å². The van der Waals surface area contributed by atoms with E-state index in [0.717, 1.165) is 62.0 Å². The maximum Gasteiger partial charge on any atom is 0.159 e. The molecule has 0 unspecified atom stereocenters. The average Bonchev–Trinajstić information content (AvgIpc) is 3.20. The maximum absolute atomic E-state index is 4.99. The Morgan fingerprint density at radius 1 is 1.15 bits per heavy atom. The van der Waals surface area contributed by atoms with Crippen LogP contribution in [-0.4, -0.2) is 65.4 Å². The van der Waals surface area contributed by atoms with E-state index in [9.17, 15) is 0 Å². The first-order chi connectivity index (χ1) is 12.9. The number of nitrogens with zero attached hydrogens (tertiary/aromatic N) is 5. The Balaban J connectivity index is 1.53. The Morgan fingerprint density at radius 2 is 1.89 bits per heavy atom. The molecular weight excluding hydrogens is 373 g/mol. The normalized spacial score (nSPS) is 19.7. The summed E-state index contributed by atoms with van der Waals surface area (Å²) in [4.78, 5) is 20.6. The van der Waals surface area contributed by atoms with Gasteiger partial charge in [0.25, 0.3) is 0 Å². The Morgan fingerprint density at radius 3 is 2.56 bits per heavy atom. The molecular formula is C19H28BN5S2. The molecule has 2 aliphatic heterocycles. The van der Waals surface area contributed by atoms with Gasteiger partial charge in [-0.2, -0.15) is 0 Å². The smallest absolute Gasteiger partial charge is 0.159 e. The van der Waals surface area contributed by atoms with Crippen molar-refractivity contribution in [3.8, 4) is 0 Å². The number of thiophene rings is 1. The fraction of sp³-hybridized carbons (Fsp3) is 0.632. The highest BCUT2D eigenvalue weighted by Crippen LogP contribution is 2.34. The third-order valence-corrected chi connectivity index (χ3v) is 7.30. The fourth-order valence-electron chi connectivity index (χ4n) is 3.60. The van der Waals surface area contributed by atoms with Crippen LogP contribution in [0.5, 0.6) is 0 Å². The van der Waals surface area contributed by atoms with Gasteiger partial charge in [-0.3, -0.25) is 4.99 Å². The van der Waals surface area contributed by atoms with E-state index in [1.54, 1.807) is 11.3 Å². The second kappa shape index (κ2) is 7.62. The van der Waals surface area contributed by atoms with Gasteiger partial charge in [-0.15, -0.1) is 11.3 Å². The molecule has 2 aliphatic rings. The van der Waals surface area contributed by atoms with Crippen LogP contribution in [0, 0.1) is 0 Å². The largest absolute Gasteiger partial charge is 0.352 e. The zero-order valence-electron chi connectivity index (χ0n) is 16.8. The van der Waals surface area contributed by atoms with E-state index in [1.807, 2.05) is 11.8 Å². The highest BCUT2D eigenvalue weighted by Gasteiger charge is 2.32. The van der Waals surface area contributed by atoms with Crippen molar-refractivity contribution in [1.29, 1.82) is 0 Å². The molecule has 0 aliphatic carbocycles. The molecule has 0 atom stereocenters. The molecule has 1 fully saturated rings. The molecule has 0 radical (unpaired) electrons. The molecule has 4 rings (SSSR count). The van der Waals surface area contributed by atoms with Crippen molar-refractivity contribution in [2.45, 2.75) is 44.8 Å². The van der Waals surface area contributed by atoms with Crippen molar-refractivity contribution >= 4 is 56.9 Å². The lowest BCUT2D eigenvalue weighted by Crippen LogP contribution is -2.48. The summed E-state index contributed by atoms with van der Waals surface area (Å²) in [6.07, 6.45) is 3.30. The molecule has 5 nitrogen and oxygen atoms in total. The van der Waals surface area contributed by atoms with Gasteiger partial charge in [0.1, 0.15) is 16.5 Å². The minimum atomic E-state index is 0.244. The number of hydrogen-bond donors (Lipinski definition) is 0. The molecule has 2 aromatic heterocycles. The van der Waals surface area contributed by atoms with E-state index in [4.69, 9.17) is 15.0 Å². The SMILES string of the molecule is Bc1cc2c(N3CCN(C4=NCC(C)(C)S4)CC3)nc(CCCC)nc2s1. The van der Waals surface area contributed by atoms with Crippen molar-refractivity contribution < 1.29 is 0 Å². The summed E-state index contributed by atoms with van der Waals surface area (Å²) in [6, 6.07) is 2.25. The zero-order valence-corrected chi connectivity index (χ0v) is 18.4. The summed E-state index contributed by atoms with van der Waals surface area (Å²) in [7, 11) is 2.16. The molecule has 4 heterocycles. The monoisotopic (exact) mass is 401 g/mol. The number of aryl methyl sites for hydroxylation is 1. The van der Waals surface area contributed by atoms with Crippen LogP contribution in [0.4, 0.5) is 5.82 Å². The number of fused-ring (bicyclic) bond motifs is 1. The van der Waals surface area contributed by atoms with Crippen molar-refractivity contribution in [3.05, 3.63) is 11.9 Å². The van der Waals surface area contributed by atoms with E-state index in [2.05, 4.69) is 44.5 Å². The number of aliphatic imine (C=N–C) groups is 1. The summed E-state index contributed by atoms with van der Waals surface area (Å²) >= 11 is 3.71. The molecule has 2 aromatic rings. The number of thioether (sulfide) groups is 1. The highest BCUT2D eigenvalue weighted by molar-refractivity contribution is 8.15. The predicted molar refractivity (Wildman–Crippen MR) is 122 cm³/mol. The Kier molecular flexibility index (Phi) is 5.38. The van der Waals surface area contributed by atoms with E-state index >= 15 is 0 Å². The van der Waals surface area contributed by atoms with E-state index in [0.29, 0.717) is 0 Å². The van der Waals surface area contributed by atoms with E-state index in [-0.39, 0.29) is 4.75 Å². The van der Waals surface area contributed by atoms with Crippen LogP contribution in [0.2, 0.25) is 0 Å². The van der Waals surface area contributed by atoms with Crippen molar-refractivity contribution in [3.63, 3.8) is 0 Å². The lowest BCUT2D eigenvalue weighted by molar-refractivity contribution is 0.391. The summed E-state index contributed by atoms with van der Waals surface area (Å²) in [5, 5.41) is 2.45. The van der Waals surface area contributed by atoms with E-state index < -0.39 is 0 Å². The number of piperazine rings is 1. The van der Waals surface area contributed by atoms with Crippen LogP contribution in [0.25, 0.3) is 10.2 Å². The zero-order chi connectivity index (χ0) is 19.0. The molecule has 0 aromatic carbocycles. The first-order valence-electron chi connectivity index (χ1n) is 9.95. The molecule has 0 amide bonds. The maximum atomic E-state index is 4.99. The Labute approximate surface area is 171 Å². The van der Waals surface area contributed by atoms with Crippen LogP contribution in [0.1, 0.15) is 39.4 Å². The molecule has 0 spiro atoms. The highest BCUT2D eigenvalue weighted by atomic mass is 32.2. The second-order valence-electron chi connectivity index (χ2n) is 8.08. The minimum absolute atomic E-state index is 0.244. The van der Waals surface area contributed by atoms with Crippen molar-refractivity contribution in [1.82, 2.24) is 14.9 Å². The van der Waals surface area contributed by atoms with Crippen LogP contribution < -0.4 is 9.68 Å². The molecule has 0 saturated carbocycles. The van der Waals surface area contributed by atoms with Gasteiger partial charge in [-0.05, 0) is 31.1 Å². The van der Waals surface area contributed by atoms with Gasteiger partial charge in [0.15, 0.2) is 13.0 Å². The van der Waals surface area contributed by atoms with Crippen LogP contribution in [-0.2, 0) is 6.42 Å². The number of hydrogen-bond acceptors (Lipinski definition) is 7. The Bertz CT molecular complexity index is 855. The topological polar surface area (TPSA) is 44.6 Å². The molecule has 0 bridgehead atoms. The minimum Gasteiger partial charge on any atom is -0.352 e. The van der Waals surface area contributed by atoms with Gasteiger partial charge < -0.3 is 9.80 Å². The van der Waals surface area contributed by atoms with E-state index in [1.165, 1.54) is 21.8 Å². The second-order valence-corrected chi connectivity index (χ2v) is 11.0. The predicted octanol–water partition coefficient (Wildman–Crippen LogP) is 2.30. The van der Waals surface area contributed by atoms with Crippen molar-refractivity contribution in [2.24, 2.45) is 4.99 Å². The molecule has 8 heteroatoms. The first kappa shape index (κ1) is 19.1. The first-order valence-corrected chi connectivity index (χ1v) is 11.6. The van der Waals surface area contributed by atoms with Gasteiger partial charge >= 0.3 is 0 Å². The third-order valence-electron chi connectivity index (χ3n) is 5.11. The van der Waals surface area contributed by atoms with Gasteiger partial charge in [0.05, 0.1) is 11.9 Å². The molecule has 1 saturated heterocycles. The average molecular weight is 401 g/mol.